The van der Waals surface area contributed by atoms with Crippen LogP contribution < -0.4 is 16.6 Å². The van der Waals surface area contributed by atoms with Crippen molar-refractivity contribution in [2.75, 3.05) is 5.32 Å². The molecule has 3 aromatic rings. The zero-order valence-electron chi connectivity index (χ0n) is 12.3. The molecule has 24 heavy (non-hydrogen) atoms. The molecule has 0 saturated carbocycles. The maximum absolute atomic E-state index is 12.5. The fourth-order valence-electron chi connectivity index (χ4n) is 2.11. The molecule has 1 amide bonds. The van der Waals surface area contributed by atoms with Crippen LogP contribution in [0.1, 0.15) is 15.2 Å². The van der Waals surface area contributed by atoms with Crippen molar-refractivity contribution >= 4 is 34.5 Å². The van der Waals surface area contributed by atoms with Gasteiger partial charge in [-0.25, -0.2) is 4.79 Å². The lowest BCUT2D eigenvalue weighted by Gasteiger charge is -2.07. The van der Waals surface area contributed by atoms with E-state index in [1.807, 2.05) is 17.5 Å². The number of anilines is 1. The fourth-order valence-corrected chi connectivity index (χ4v) is 2.93. The van der Waals surface area contributed by atoms with Gasteiger partial charge >= 0.3 is 5.69 Å². The Labute approximate surface area is 145 Å². The van der Waals surface area contributed by atoms with Crippen molar-refractivity contribution in [3.63, 3.8) is 0 Å². The lowest BCUT2D eigenvalue weighted by molar-refractivity contribution is 0.102. The highest BCUT2D eigenvalue weighted by Gasteiger charge is 2.15. The molecule has 8 heteroatoms. The van der Waals surface area contributed by atoms with Gasteiger partial charge in [0.15, 0.2) is 0 Å². The number of H-pyrrole nitrogens is 1. The summed E-state index contributed by atoms with van der Waals surface area (Å²) in [5.74, 6) is -0.599. The first-order valence-corrected chi connectivity index (χ1v) is 8.22. The fraction of sp³-hybridized carbons (Fsp3) is 0.0625. The number of thiophene rings is 1. The second-order valence-corrected chi connectivity index (χ2v) is 6.41. The quantitative estimate of drug-likeness (QED) is 0.749. The molecular weight excluding hydrogens is 350 g/mol. The summed E-state index contributed by atoms with van der Waals surface area (Å²) in [6, 6.07) is 10.1. The molecule has 2 N–H and O–H groups in total. The van der Waals surface area contributed by atoms with Gasteiger partial charge in [-0.1, -0.05) is 17.7 Å². The molecule has 0 saturated heterocycles. The van der Waals surface area contributed by atoms with Gasteiger partial charge in [0.25, 0.3) is 11.5 Å². The Morgan fingerprint density at radius 2 is 1.96 bits per heavy atom. The van der Waals surface area contributed by atoms with Crippen molar-refractivity contribution in [3.05, 3.63) is 84.3 Å². The molecule has 0 spiro atoms. The Bertz CT molecular complexity index is 975. The van der Waals surface area contributed by atoms with Crippen LogP contribution in [0.25, 0.3) is 0 Å². The first-order valence-electron chi connectivity index (χ1n) is 6.96. The second kappa shape index (κ2) is 6.86. The lowest BCUT2D eigenvalue weighted by Crippen LogP contribution is -2.39. The molecule has 0 radical (unpaired) electrons. The second-order valence-electron chi connectivity index (χ2n) is 4.94. The highest BCUT2D eigenvalue weighted by atomic mass is 35.5. The van der Waals surface area contributed by atoms with Crippen molar-refractivity contribution < 1.29 is 4.79 Å². The minimum absolute atomic E-state index is 0.119. The summed E-state index contributed by atoms with van der Waals surface area (Å²) in [6.45, 7) is 0.119. The largest absolute Gasteiger partial charge is 0.328 e. The molecule has 2 heterocycles. The smallest absolute Gasteiger partial charge is 0.322 e. The Morgan fingerprint density at radius 1 is 1.21 bits per heavy atom. The van der Waals surface area contributed by atoms with Crippen LogP contribution in [0.5, 0.6) is 0 Å². The number of nitrogens with zero attached hydrogens (tertiary/aromatic N) is 1. The third-order valence-electron chi connectivity index (χ3n) is 3.30. The number of benzene rings is 1. The van der Waals surface area contributed by atoms with Crippen LogP contribution in [0.3, 0.4) is 0 Å². The zero-order chi connectivity index (χ0) is 17.1. The summed E-state index contributed by atoms with van der Waals surface area (Å²) >= 11 is 7.22. The maximum Gasteiger partial charge on any atom is 0.328 e. The number of carbonyl (C=O) groups is 1. The number of halogens is 1. The minimum Gasteiger partial charge on any atom is -0.322 e. The van der Waals surface area contributed by atoms with E-state index in [-0.39, 0.29) is 12.1 Å². The Balaban J connectivity index is 1.90. The third-order valence-corrected chi connectivity index (χ3v) is 4.41. The van der Waals surface area contributed by atoms with Gasteiger partial charge in [-0.15, -0.1) is 11.3 Å². The molecule has 6 nitrogen and oxygen atoms in total. The van der Waals surface area contributed by atoms with E-state index in [0.717, 1.165) is 15.6 Å². The summed E-state index contributed by atoms with van der Waals surface area (Å²) < 4.78 is 1.00. The van der Waals surface area contributed by atoms with E-state index in [1.165, 1.54) is 11.3 Å². The predicted molar refractivity (Wildman–Crippen MR) is 94.1 cm³/mol. The van der Waals surface area contributed by atoms with Crippen molar-refractivity contribution in [3.8, 4) is 0 Å². The predicted octanol–water partition coefficient (Wildman–Crippen LogP) is 2.55. The Morgan fingerprint density at radius 3 is 2.62 bits per heavy atom. The van der Waals surface area contributed by atoms with Crippen molar-refractivity contribution in [1.29, 1.82) is 0 Å². The summed E-state index contributed by atoms with van der Waals surface area (Å²) in [6.07, 6.45) is 1.13. The summed E-state index contributed by atoms with van der Waals surface area (Å²) in [5.41, 5.74) is -0.837. The minimum atomic E-state index is -0.640. The third kappa shape index (κ3) is 3.47. The van der Waals surface area contributed by atoms with Crippen LogP contribution in [0.15, 0.2) is 57.6 Å². The van der Waals surface area contributed by atoms with Crippen LogP contribution in [0.2, 0.25) is 5.02 Å². The van der Waals surface area contributed by atoms with Crippen LogP contribution in [-0.2, 0) is 6.54 Å². The molecule has 2 aromatic heterocycles. The lowest BCUT2D eigenvalue weighted by atomic mass is 10.2. The zero-order valence-corrected chi connectivity index (χ0v) is 13.9. The van der Waals surface area contributed by atoms with Gasteiger partial charge in [-0.05, 0) is 35.7 Å². The molecule has 3 rings (SSSR count). The SMILES string of the molecule is O=C(Nc1ccc(Cl)cc1)c1c[nH]c(=O)n(Cc2cccs2)c1=O. The van der Waals surface area contributed by atoms with Crippen LogP contribution in [0, 0.1) is 0 Å². The highest BCUT2D eigenvalue weighted by Crippen LogP contribution is 2.14. The molecule has 0 aliphatic heterocycles. The molecule has 0 atom stereocenters. The summed E-state index contributed by atoms with van der Waals surface area (Å²) in [4.78, 5) is 40.0. The molecule has 0 aliphatic rings. The van der Waals surface area contributed by atoms with E-state index in [9.17, 15) is 14.4 Å². The average molecular weight is 362 g/mol. The van der Waals surface area contributed by atoms with E-state index in [1.54, 1.807) is 24.3 Å². The molecule has 122 valence electrons. The number of hydrogen-bond donors (Lipinski definition) is 2. The standard InChI is InChI=1S/C16H12ClN3O3S/c17-10-3-5-11(6-4-10)19-14(21)13-8-18-16(23)20(15(13)22)9-12-2-1-7-24-12/h1-8H,9H2,(H,18,23)(H,19,21). The van der Waals surface area contributed by atoms with Gasteiger partial charge in [0.05, 0.1) is 6.54 Å². The first kappa shape index (κ1) is 16.2. The van der Waals surface area contributed by atoms with Gasteiger partial charge in [-0.3, -0.25) is 14.2 Å². The molecule has 0 fully saturated rings. The van der Waals surface area contributed by atoms with Crippen LogP contribution in [0.4, 0.5) is 5.69 Å². The van der Waals surface area contributed by atoms with E-state index >= 15 is 0 Å². The highest BCUT2D eigenvalue weighted by molar-refractivity contribution is 7.09. The monoisotopic (exact) mass is 361 g/mol. The van der Waals surface area contributed by atoms with Gasteiger partial charge in [0.2, 0.25) is 0 Å². The topological polar surface area (TPSA) is 84.0 Å². The van der Waals surface area contributed by atoms with Crippen molar-refractivity contribution in [1.82, 2.24) is 9.55 Å². The summed E-state index contributed by atoms with van der Waals surface area (Å²) in [5, 5.41) is 4.99. The van der Waals surface area contributed by atoms with Crippen molar-refractivity contribution in [2.24, 2.45) is 0 Å². The van der Waals surface area contributed by atoms with E-state index in [4.69, 9.17) is 11.6 Å². The molecule has 0 bridgehead atoms. The number of amides is 1. The van der Waals surface area contributed by atoms with Gasteiger partial charge in [0, 0.05) is 21.8 Å². The molecule has 0 unspecified atom stereocenters. The van der Waals surface area contributed by atoms with Gasteiger partial charge in [-0.2, -0.15) is 0 Å². The number of aromatic amines is 1. The molecular formula is C16H12ClN3O3S. The number of hydrogen-bond acceptors (Lipinski definition) is 4. The maximum atomic E-state index is 12.5. The summed E-state index contributed by atoms with van der Waals surface area (Å²) in [7, 11) is 0. The Hall–Kier alpha value is -2.64. The number of nitrogens with one attached hydrogen (secondary N) is 2. The van der Waals surface area contributed by atoms with E-state index in [2.05, 4.69) is 10.3 Å². The van der Waals surface area contributed by atoms with Gasteiger partial charge in [0.1, 0.15) is 5.56 Å². The van der Waals surface area contributed by atoms with Crippen molar-refractivity contribution in [2.45, 2.75) is 6.54 Å². The number of aromatic nitrogens is 2. The number of carbonyl (C=O) groups excluding carboxylic acids is 1. The van der Waals surface area contributed by atoms with Crippen LogP contribution >= 0.6 is 22.9 Å². The molecule has 1 aromatic carbocycles. The average Bonchev–Trinajstić information content (AvgIpc) is 3.06. The van der Waals surface area contributed by atoms with Crippen LogP contribution in [-0.4, -0.2) is 15.5 Å². The molecule has 0 aliphatic carbocycles. The van der Waals surface area contributed by atoms with Gasteiger partial charge < -0.3 is 10.3 Å². The van der Waals surface area contributed by atoms with E-state index in [0.29, 0.717) is 10.7 Å². The Kier molecular flexibility index (Phi) is 4.64. The first-order chi connectivity index (χ1) is 11.5. The number of rotatable bonds is 4. The normalized spacial score (nSPS) is 10.5. The van der Waals surface area contributed by atoms with E-state index < -0.39 is 17.2 Å².